The van der Waals surface area contributed by atoms with Crippen molar-refractivity contribution in [3.05, 3.63) is 34.7 Å². The third-order valence-corrected chi connectivity index (χ3v) is 2.95. The van der Waals surface area contributed by atoms with Gasteiger partial charge in [0, 0.05) is 6.20 Å². The maximum absolute atomic E-state index is 11.9. The number of hydrogen-bond acceptors (Lipinski definition) is 4. The van der Waals surface area contributed by atoms with Crippen molar-refractivity contribution < 1.29 is 4.79 Å². The molecule has 0 aliphatic rings. The average molecular weight is 280 g/mol. The number of aryl methyl sites for hydroxylation is 1. The minimum absolute atomic E-state index is 0.0914. The molecule has 0 spiro atoms. The van der Waals surface area contributed by atoms with Crippen molar-refractivity contribution in [2.45, 2.75) is 20.4 Å². The molecular weight excluding hydrogens is 266 g/mol. The minimum Gasteiger partial charge on any atom is -0.396 e. The van der Waals surface area contributed by atoms with Crippen molar-refractivity contribution in [2.24, 2.45) is 0 Å². The Bertz CT molecular complexity index is 605. The van der Waals surface area contributed by atoms with E-state index in [0.29, 0.717) is 16.5 Å². The molecule has 0 bridgehead atoms. The zero-order valence-electron chi connectivity index (χ0n) is 10.6. The van der Waals surface area contributed by atoms with Crippen LogP contribution in [0.4, 0.5) is 11.5 Å². The number of nitrogens with two attached hydrogens (primary N) is 1. The van der Waals surface area contributed by atoms with Crippen LogP contribution in [0.5, 0.6) is 0 Å². The first-order valence-corrected chi connectivity index (χ1v) is 6.06. The lowest BCUT2D eigenvalue weighted by atomic mass is 10.3. The van der Waals surface area contributed by atoms with Crippen LogP contribution in [-0.4, -0.2) is 20.7 Å². The highest BCUT2D eigenvalue weighted by molar-refractivity contribution is 6.30. The molecule has 19 heavy (non-hydrogen) atoms. The van der Waals surface area contributed by atoms with Gasteiger partial charge in [0.05, 0.1) is 22.1 Å². The lowest BCUT2D eigenvalue weighted by Crippen LogP contribution is -2.20. The largest absolute Gasteiger partial charge is 0.396 e. The molecule has 0 aromatic carbocycles. The van der Waals surface area contributed by atoms with Crippen molar-refractivity contribution in [2.75, 3.05) is 11.1 Å². The van der Waals surface area contributed by atoms with Crippen LogP contribution >= 0.6 is 11.6 Å². The Morgan fingerprint density at radius 1 is 1.47 bits per heavy atom. The zero-order valence-corrected chi connectivity index (χ0v) is 11.4. The van der Waals surface area contributed by atoms with Crippen LogP contribution in [0.15, 0.2) is 18.3 Å². The van der Waals surface area contributed by atoms with Crippen molar-refractivity contribution >= 4 is 29.0 Å². The van der Waals surface area contributed by atoms with E-state index in [1.807, 2.05) is 6.92 Å². The van der Waals surface area contributed by atoms with E-state index < -0.39 is 0 Å². The number of nitrogens with one attached hydrogen (secondary N) is 1. The maximum Gasteiger partial charge on any atom is 0.247 e. The summed E-state index contributed by atoms with van der Waals surface area (Å²) in [4.78, 5) is 15.8. The molecule has 0 fully saturated rings. The highest BCUT2D eigenvalue weighted by Gasteiger charge is 2.11. The molecule has 2 rings (SSSR count). The van der Waals surface area contributed by atoms with Crippen molar-refractivity contribution in [3.8, 4) is 0 Å². The molecule has 100 valence electrons. The lowest BCUT2D eigenvalue weighted by molar-refractivity contribution is -0.117. The van der Waals surface area contributed by atoms with Gasteiger partial charge in [-0.25, -0.2) is 4.98 Å². The third-order valence-electron chi connectivity index (χ3n) is 2.73. The minimum atomic E-state index is -0.222. The highest BCUT2D eigenvalue weighted by atomic mass is 35.5. The molecule has 6 nitrogen and oxygen atoms in total. The average Bonchev–Trinajstić information content (AvgIpc) is 2.60. The molecule has 0 saturated carbocycles. The number of amides is 1. The van der Waals surface area contributed by atoms with Crippen LogP contribution in [0.2, 0.25) is 5.02 Å². The summed E-state index contributed by atoms with van der Waals surface area (Å²) < 4.78 is 1.57. The lowest BCUT2D eigenvalue weighted by Gasteiger charge is -2.06. The number of hydrogen-bond donors (Lipinski definition) is 2. The van der Waals surface area contributed by atoms with E-state index in [1.54, 1.807) is 23.7 Å². The fourth-order valence-corrected chi connectivity index (χ4v) is 1.74. The van der Waals surface area contributed by atoms with Gasteiger partial charge in [-0.2, -0.15) is 5.10 Å². The molecule has 0 aliphatic heterocycles. The van der Waals surface area contributed by atoms with E-state index in [9.17, 15) is 4.79 Å². The van der Waals surface area contributed by atoms with Crippen LogP contribution in [0.3, 0.4) is 0 Å². The van der Waals surface area contributed by atoms with Crippen molar-refractivity contribution in [1.82, 2.24) is 14.8 Å². The fraction of sp³-hybridized carbons (Fsp3) is 0.250. The second kappa shape index (κ2) is 5.27. The van der Waals surface area contributed by atoms with Crippen LogP contribution in [0.1, 0.15) is 11.4 Å². The van der Waals surface area contributed by atoms with E-state index >= 15 is 0 Å². The summed E-state index contributed by atoms with van der Waals surface area (Å²) in [5, 5.41) is 7.38. The van der Waals surface area contributed by atoms with Gasteiger partial charge in [-0.15, -0.1) is 0 Å². The van der Waals surface area contributed by atoms with Gasteiger partial charge in [0.2, 0.25) is 5.91 Å². The van der Waals surface area contributed by atoms with Crippen LogP contribution in [-0.2, 0) is 11.3 Å². The summed E-state index contributed by atoms with van der Waals surface area (Å²) in [6.45, 7) is 3.72. The second-order valence-corrected chi connectivity index (χ2v) is 4.59. The topological polar surface area (TPSA) is 85.8 Å². The van der Waals surface area contributed by atoms with Gasteiger partial charge in [0.25, 0.3) is 0 Å². The first-order chi connectivity index (χ1) is 8.97. The molecular formula is C12H14ClN5O. The predicted molar refractivity (Wildman–Crippen MR) is 74.0 cm³/mol. The number of anilines is 2. The van der Waals surface area contributed by atoms with Gasteiger partial charge in [-0.1, -0.05) is 11.6 Å². The van der Waals surface area contributed by atoms with Gasteiger partial charge < -0.3 is 11.1 Å². The smallest absolute Gasteiger partial charge is 0.247 e. The van der Waals surface area contributed by atoms with E-state index in [0.717, 1.165) is 11.4 Å². The Kier molecular flexibility index (Phi) is 3.71. The third kappa shape index (κ3) is 3.03. The number of rotatable bonds is 3. The number of halogens is 1. The quantitative estimate of drug-likeness (QED) is 0.896. The van der Waals surface area contributed by atoms with Gasteiger partial charge in [-0.3, -0.25) is 9.48 Å². The van der Waals surface area contributed by atoms with E-state index in [1.165, 1.54) is 6.20 Å². The molecule has 7 heteroatoms. The van der Waals surface area contributed by atoms with E-state index in [2.05, 4.69) is 15.4 Å². The predicted octanol–water partition coefficient (Wildman–Crippen LogP) is 1.77. The summed E-state index contributed by atoms with van der Waals surface area (Å²) in [5.74, 6) is 0.226. The van der Waals surface area contributed by atoms with Gasteiger partial charge in [0.1, 0.15) is 12.4 Å². The van der Waals surface area contributed by atoms with Crippen molar-refractivity contribution in [1.29, 1.82) is 0 Å². The Morgan fingerprint density at radius 3 is 2.74 bits per heavy atom. The van der Waals surface area contributed by atoms with Crippen LogP contribution in [0.25, 0.3) is 0 Å². The number of pyridine rings is 1. The standard InChI is InChI=1S/C12H14ClN5O/c1-7-12(14)8(2)18(17-7)6-11(19)16-10-4-3-9(13)5-15-10/h3-5H,6,14H2,1-2H3,(H,15,16,19). The molecule has 0 radical (unpaired) electrons. The molecule has 2 aromatic rings. The molecule has 2 heterocycles. The molecule has 2 aromatic heterocycles. The second-order valence-electron chi connectivity index (χ2n) is 4.15. The first-order valence-electron chi connectivity index (χ1n) is 5.68. The summed E-state index contributed by atoms with van der Waals surface area (Å²) in [5.41, 5.74) is 7.91. The summed E-state index contributed by atoms with van der Waals surface area (Å²) in [6, 6.07) is 3.29. The molecule has 1 amide bonds. The molecule has 0 unspecified atom stereocenters. The number of aromatic nitrogens is 3. The van der Waals surface area contributed by atoms with E-state index in [4.69, 9.17) is 17.3 Å². The number of nitrogens with zero attached hydrogens (tertiary/aromatic N) is 3. The summed E-state index contributed by atoms with van der Waals surface area (Å²) in [7, 11) is 0. The Hall–Kier alpha value is -2.08. The van der Waals surface area contributed by atoms with Gasteiger partial charge in [0.15, 0.2) is 0 Å². The Labute approximate surface area is 115 Å². The number of nitrogen functional groups attached to an aromatic ring is 1. The molecule has 0 saturated heterocycles. The molecule has 3 N–H and O–H groups in total. The monoisotopic (exact) mass is 279 g/mol. The molecule has 0 aliphatic carbocycles. The summed E-state index contributed by atoms with van der Waals surface area (Å²) in [6.07, 6.45) is 1.47. The maximum atomic E-state index is 11.9. The fourth-order valence-electron chi connectivity index (χ4n) is 1.63. The zero-order chi connectivity index (χ0) is 14.0. The van der Waals surface area contributed by atoms with Gasteiger partial charge >= 0.3 is 0 Å². The number of carbonyl (C=O) groups is 1. The SMILES string of the molecule is Cc1nn(CC(=O)Nc2ccc(Cl)cn2)c(C)c1N. The highest BCUT2D eigenvalue weighted by Crippen LogP contribution is 2.15. The Morgan fingerprint density at radius 2 is 2.21 bits per heavy atom. The van der Waals surface area contributed by atoms with Crippen molar-refractivity contribution in [3.63, 3.8) is 0 Å². The normalized spacial score (nSPS) is 10.5. The van der Waals surface area contributed by atoms with Crippen LogP contribution in [0, 0.1) is 13.8 Å². The first kappa shape index (κ1) is 13.4. The molecule has 0 atom stereocenters. The number of carbonyl (C=O) groups excluding carboxylic acids is 1. The van der Waals surface area contributed by atoms with Gasteiger partial charge in [-0.05, 0) is 26.0 Å². The van der Waals surface area contributed by atoms with E-state index in [-0.39, 0.29) is 12.5 Å². The summed E-state index contributed by atoms with van der Waals surface area (Å²) >= 11 is 5.72. The Balaban J connectivity index is 2.05. The van der Waals surface area contributed by atoms with Crippen LogP contribution < -0.4 is 11.1 Å².